The standard InChI is InChI=1S/C15H14BrIOS/c16-12-3-7-15(8-4-12)19-10-14(18)9-11-1-5-13(17)6-2-11/h1-8,14,18H,9-10H2. The largest absolute Gasteiger partial charge is 0.392 e. The summed E-state index contributed by atoms with van der Waals surface area (Å²) >= 11 is 7.39. The van der Waals surface area contributed by atoms with Gasteiger partial charge in [-0.15, -0.1) is 11.8 Å². The van der Waals surface area contributed by atoms with Crippen LogP contribution in [-0.2, 0) is 6.42 Å². The number of thioether (sulfide) groups is 1. The van der Waals surface area contributed by atoms with E-state index in [2.05, 4.69) is 74.9 Å². The fourth-order valence-corrected chi connectivity index (χ4v) is 3.13. The summed E-state index contributed by atoms with van der Waals surface area (Å²) in [6.45, 7) is 0. The molecule has 0 fully saturated rings. The molecule has 0 aliphatic heterocycles. The Bertz CT molecular complexity index is 513. The molecule has 0 amide bonds. The highest BCUT2D eigenvalue weighted by Crippen LogP contribution is 2.22. The van der Waals surface area contributed by atoms with Gasteiger partial charge < -0.3 is 5.11 Å². The van der Waals surface area contributed by atoms with Crippen molar-refractivity contribution in [2.24, 2.45) is 0 Å². The van der Waals surface area contributed by atoms with Gasteiger partial charge in [0.15, 0.2) is 0 Å². The van der Waals surface area contributed by atoms with Crippen molar-refractivity contribution < 1.29 is 5.11 Å². The first-order valence-corrected chi connectivity index (χ1v) is 8.80. The topological polar surface area (TPSA) is 20.2 Å². The second-order valence-electron chi connectivity index (χ2n) is 4.25. The van der Waals surface area contributed by atoms with Crippen LogP contribution in [0.3, 0.4) is 0 Å². The molecule has 2 rings (SSSR count). The first kappa shape index (κ1) is 15.4. The van der Waals surface area contributed by atoms with Gasteiger partial charge in [0.2, 0.25) is 0 Å². The van der Waals surface area contributed by atoms with E-state index in [4.69, 9.17) is 0 Å². The maximum Gasteiger partial charge on any atom is 0.0674 e. The minimum atomic E-state index is -0.311. The molecule has 0 radical (unpaired) electrons. The summed E-state index contributed by atoms with van der Waals surface area (Å²) in [4.78, 5) is 1.19. The molecule has 4 heteroatoms. The number of hydrogen-bond acceptors (Lipinski definition) is 2. The van der Waals surface area contributed by atoms with Gasteiger partial charge in [0.25, 0.3) is 0 Å². The van der Waals surface area contributed by atoms with Crippen molar-refractivity contribution >= 4 is 50.3 Å². The molecule has 0 saturated heterocycles. The molecule has 0 heterocycles. The zero-order valence-corrected chi connectivity index (χ0v) is 14.8. The Balaban J connectivity index is 1.82. The lowest BCUT2D eigenvalue weighted by Crippen LogP contribution is -2.13. The highest BCUT2D eigenvalue weighted by Gasteiger charge is 2.06. The van der Waals surface area contributed by atoms with Crippen LogP contribution in [0.1, 0.15) is 5.56 Å². The number of aliphatic hydroxyl groups excluding tert-OH is 1. The van der Waals surface area contributed by atoms with E-state index in [-0.39, 0.29) is 6.10 Å². The molecule has 1 atom stereocenters. The summed E-state index contributed by atoms with van der Waals surface area (Å²) in [5.41, 5.74) is 1.18. The van der Waals surface area contributed by atoms with Gasteiger partial charge in [0, 0.05) is 18.7 Å². The van der Waals surface area contributed by atoms with Crippen LogP contribution >= 0.6 is 50.3 Å². The first-order chi connectivity index (χ1) is 9.13. The Morgan fingerprint density at radius 1 is 1.05 bits per heavy atom. The van der Waals surface area contributed by atoms with Crippen molar-refractivity contribution in [3.05, 3.63) is 62.1 Å². The highest BCUT2D eigenvalue weighted by atomic mass is 127. The summed E-state index contributed by atoms with van der Waals surface area (Å²) in [7, 11) is 0. The predicted molar refractivity (Wildman–Crippen MR) is 93.7 cm³/mol. The fourth-order valence-electron chi connectivity index (χ4n) is 1.67. The van der Waals surface area contributed by atoms with E-state index in [9.17, 15) is 5.11 Å². The molecular weight excluding hydrogens is 435 g/mol. The van der Waals surface area contributed by atoms with Crippen molar-refractivity contribution in [2.75, 3.05) is 5.75 Å². The van der Waals surface area contributed by atoms with E-state index in [1.54, 1.807) is 11.8 Å². The Labute approximate surface area is 140 Å². The quantitative estimate of drug-likeness (QED) is 0.526. The SMILES string of the molecule is OC(CSc1ccc(Br)cc1)Cc1ccc(I)cc1. The van der Waals surface area contributed by atoms with Crippen molar-refractivity contribution in [1.29, 1.82) is 0 Å². The number of rotatable bonds is 5. The summed E-state index contributed by atoms with van der Waals surface area (Å²) < 4.78 is 2.30. The van der Waals surface area contributed by atoms with E-state index in [0.29, 0.717) is 12.2 Å². The lowest BCUT2D eigenvalue weighted by atomic mass is 10.1. The highest BCUT2D eigenvalue weighted by molar-refractivity contribution is 14.1. The molecule has 100 valence electrons. The second kappa shape index (κ2) is 7.67. The van der Waals surface area contributed by atoms with Gasteiger partial charge in [-0.2, -0.15) is 0 Å². The molecule has 1 unspecified atom stereocenters. The molecular formula is C15H14BrIOS. The molecule has 0 aliphatic carbocycles. The number of halogens is 2. The van der Waals surface area contributed by atoms with Crippen LogP contribution in [0, 0.1) is 3.57 Å². The summed E-state index contributed by atoms with van der Waals surface area (Å²) in [5, 5.41) is 10.1. The van der Waals surface area contributed by atoms with E-state index < -0.39 is 0 Å². The van der Waals surface area contributed by atoms with Gasteiger partial charge in [0.05, 0.1) is 6.10 Å². The molecule has 1 N–H and O–H groups in total. The predicted octanol–water partition coefficient (Wildman–Crippen LogP) is 4.75. The molecule has 0 aromatic heterocycles. The van der Waals surface area contributed by atoms with Gasteiger partial charge in [-0.3, -0.25) is 0 Å². The minimum Gasteiger partial charge on any atom is -0.392 e. The van der Waals surface area contributed by atoms with Crippen molar-refractivity contribution in [2.45, 2.75) is 17.4 Å². The van der Waals surface area contributed by atoms with Crippen molar-refractivity contribution in [3.63, 3.8) is 0 Å². The lowest BCUT2D eigenvalue weighted by molar-refractivity contribution is 0.200. The van der Waals surface area contributed by atoms with Crippen molar-refractivity contribution in [1.82, 2.24) is 0 Å². The summed E-state index contributed by atoms with van der Waals surface area (Å²) in [6.07, 6.45) is 0.397. The zero-order valence-electron chi connectivity index (χ0n) is 10.2. The zero-order chi connectivity index (χ0) is 13.7. The molecule has 0 saturated carbocycles. The Morgan fingerprint density at radius 2 is 1.68 bits per heavy atom. The number of benzene rings is 2. The smallest absolute Gasteiger partial charge is 0.0674 e. The Kier molecular flexibility index (Phi) is 6.19. The average molecular weight is 449 g/mol. The fraction of sp³-hybridized carbons (Fsp3) is 0.200. The van der Waals surface area contributed by atoms with Crippen LogP contribution in [0.4, 0.5) is 0 Å². The first-order valence-electron chi connectivity index (χ1n) is 5.94. The van der Waals surface area contributed by atoms with Crippen LogP contribution in [-0.4, -0.2) is 17.0 Å². The Hall–Kier alpha value is -0.0400. The van der Waals surface area contributed by atoms with Gasteiger partial charge in [-0.05, 0) is 71.0 Å². The molecule has 19 heavy (non-hydrogen) atoms. The van der Waals surface area contributed by atoms with Crippen LogP contribution in [0.5, 0.6) is 0 Å². The average Bonchev–Trinajstić information content (AvgIpc) is 2.41. The van der Waals surface area contributed by atoms with Gasteiger partial charge in [0.1, 0.15) is 0 Å². The molecule has 2 aromatic rings. The maximum absolute atomic E-state index is 10.1. The van der Waals surface area contributed by atoms with E-state index in [0.717, 1.165) is 4.47 Å². The molecule has 1 nitrogen and oxygen atoms in total. The normalized spacial score (nSPS) is 12.4. The molecule has 0 spiro atoms. The van der Waals surface area contributed by atoms with E-state index in [1.165, 1.54) is 14.0 Å². The molecule has 2 aromatic carbocycles. The van der Waals surface area contributed by atoms with Gasteiger partial charge in [-0.25, -0.2) is 0 Å². The number of aliphatic hydroxyl groups is 1. The summed E-state index contributed by atoms with van der Waals surface area (Å²) in [6, 6.07) is 16.5. The van der Waals surface area contributed by atoms with Gasteiger partial charge >= 0.3 is 0 Å². The van der Waals surface area contributed by atoms with Crippen LogP contribution in [0.25, 0.3) is 0 Å². The number of hydrogen-bond donors (Lipinski definition) is 1. The Morgan fingerprint density at radius 3 is 2.32 bits per heavy atom. The maximum atomic E-state index is 10.1. The van der Waals surface area contributed by atoms with E-state index >= 15 is 0 Å². The second-order valence-corrected chi connectivity index (χ2v) is 7.50. The van der Waals surface area contributed by atoms with Crippen LogP contribution < -0.4 is 0 Å². The minimum absolute atomic E-state index is 0.311. The van der Waals surface area contributed by atoms with Crippen molar-refractivity contribution in [3.8, 4) is 0 Å². The third-order valence-electron chi connectivity index (χ3n) is 2.64. The third kappa shape index (κ3) is 5.45. The van der Waals surface area contributed by atoms with Crippen LogP contribution in [0.15, 0.2) is 57.9 Å². The van der Waals surface area contributed by atoms with Crippen LogP contribution in [0.2, 0.25) is 0 Å². The molecule has 0 aliphatic rings. The lowest BCUT2D eigenvalue weighted by Gasteiger charge is -2.10. The van der Waals surface area contributed by atoms with E-state index in [1.807, 2.05) is 12.1 Å². The van der Waals surface area contributed by atoms with Gasteiger partial charge in [-0.1, -0.05) is 28.1 Å². The third-order valence-corrected chi connectivity index (χ3v) is 5.05. The summed E-state index contributed by atoms with van der Waals surface area (Å²) in [5.74, 6) is 0.716. The monoisotopic (exact) mass is 448 g/mol. The molecule has 0 bridgehead atoms.